The molecule has 0 aliphatic heterocycles. The zero-order valence-electron chi connectivity index (χ0n) is 9.15. The molecule has 5 heteroatoms. The van der Waals surface area contributed by atoms with Gasteiger partial charge in [-0.3, -0.25) is 0 Å². The molecule has 3 nitrogen and oxygen atoms in total. The summed E-state index contributed by atoms with van der Waals surface area (Å²) >= 11 is 0. The van der Waals surface area contributed by atoms with E-state index in [0.29, 0.717) is 11.3 Å². The number of hydrogen-bond donors (Lipinski definition) is 1. The first-order valence-electron chi connectivity index (χ1n) is 5.25. The first kappa shape index (κ1) is 10.7. The number of fused-ring (bicyclic) bond motifs is 1. The maximum Gasteiger partial charge on any atom is 0.227 e. The summed E-state index contributed by atoms with van der Waals surface area (Å²) in [5.41, 5.74) is 6.88. The molecule has 0 atom stereocenters. The van der Waals surface area contributed by atoms with Crippen LogP contribution in [0.3, 0.4) is 0 Å². The molecule has 0 saturated heterocycles. The Morgan fingerprint density at radius 2 is 1.94 bits per heavy atom. The third kappa shape index (κ3) is 1.69. The van der Waals surface area contributed by atoms with Crippen molar-refractivity contribution in [2.75, 3.05) is 5.73 Å². The van der Waals surface area contributed by atoms with Crippen LogP contribution in [0.4, 0.5) is 14.5 Å². The number of benzene rings is 2. The SMILES string of the molecule is Nc1cccc(-c2nc3cc(F)cc(F)c3o2)c1. The zero-order chi connectivity index (χ0) is 12.7. The van der Waals surface area contributed by atoms with Gasteiger partial charge in [0.15, 0.2) is 11.4 Å². The largest absolute Gasteiger partial charge is 0.433 e. The number of halogens is 2. The lowest BCUT2D eigenvalue weighted by Gasteiger charge is -1.96. The molecule has 0 aliphatic rings. The van der Waals surface area contributed by atoms with Gasteiger partial charge in [-0.25, -0.2) is 13.8 Å². The summed E-state index contributed by atoms with van der Waals surface area (Å²) in [5, 5.41) is 0. The Bertz CT molecular complexity index is 737. The van der Waals surface area contributed by atoms with Crippen LogP contribution < -0.4 is 5.73 Å². The smallest absolute Gasteiger partial charge is 0.227 e. The molecule has 3 rings (SSSR count). The van der Waals surface area contributed by atoms with Gasteiger partial charge in [-0.2, -0.15) is 0 Å². The van der Waals surface area contributed by atoms with Crippen LogP contribution in [0.15, 0.2) is 40.8 Å². The van der Waals surface area contributed by atoms with E-state index in [1.165, 1.54) is 0 Å². The van der Waals surface area contributed by atoms with Gasteiger partial charge in [0.2, 0.25) is 5.89 Å². The molecule has 0 spiro atoms. The molecular formula is C13H8F2N2O. The van der Waals surface area contributed by atoms with Crippen LogP contribution in [0.1, 0.15) is 0 Å². The van der Waals surface area contributed by atoms with Gasteiger partial charge in [-0.1, -0.05) is 6.07 Å². The van der Waals surface area contributed by atoms with Crippen molar-refractivity contribution in [1.82, 2.24) is 4.98 Å². The van der Waals surface area contributed by atoms with Crippen LogP contribution in [-0.4, -0.2) is 4.98 Å². The molecule has 0 saturated carbocycles. The predicted octanol–water partition coefficient (Wildman–Crippen LogP) is 3.36. The van der Waals surface area contributed by atoms with Crippen molar-refractivity contribution in [2.45, 2.75) is 0 Å². The van der Waals surface area contributed by atoms with E-state index < -0.39 is 11.6 Å². The van der Waals surface area contributed by atoms with Gasteiger partial charge in [0.05, 0.1) is 0 Å². The molecule has 0 aliphatic carbocycles. The summed E-state index contributed by atoms with van der Waals surface area (Å²) in [6.45, 7) is 0. The Morgan fingerprint density at radius 3 is 2.72 bits per heavy atom. The molecule has 90 valence electrons. The highest BCUT2D eigenvalue weighted by atomic mass is 19.1. The second kappa shape index (κ2) is 3.80. The topological polar surface area (TPSA) is 52.0 Å². The Hall–Kier alpha value is -2.43. The molecule has 2 aromatic carbocycles. The minimum Gasteiger partial charge on any atom is -0.433 e. The van der Waals surface area contributed by atoms with Gasteiger partial charge < -0.3 is 10.2 Å². The number of aromatic nitrogens is 1. The molecule has 3 aromatic rings. The van der Waals surface area contributed by atoms with Crippen LogP contribution >= 0.6 is 0 Å². The van der Waals surface area contributed by atoms with Crippen molar-refractivity contribution < 1.29 is 13.2 Å². The number of anilines is 1. The number of hydrogen-bond acceptors (Lipinski definition) is 3. The highest BCUT2D eigenvalue weighted by Crippen LogP contribution is 2.27. The quantitative estimate of drug-likeness (QED) is 0.670. The lowest BCUT2D eigenvalue weighted by atomic mass is 10.2. The van der Waals surface area contributed by atoms with Crippen molar-refractivity contribution in [1.29, 1.82) is 0 Å². The van der Waals surface area contributed by atoms with Gasteiger partial charge >= 0.3 is 0 Å². The summed E-state index contributed by atoms with van der Waals surface area (Å²) < 4.78 is 31.8. The van der Waals surface area contributed by atoms with Crippen molar-refractivity contribution in [3.05, 3.63) is 48.0 Å². The Balaban J connectivity index is 2.22. The molecule has 0 fully saturated rings. The fourth-order valence-electron chi connectivity index (χ4n) is 1.75. The summed E-state index contributed by atoms with van der Waals surface area (Å²) in [7, 11) is 0. The number of nitrogens with two attached hydrogens (primary N) is 1. The maximum atomic E-state index is 13.5. The molecule has 0 amide bonds. The van der Waals surface area contributed by atoms with E-state index in [4.69, 9.17) is 10.2 Å². The van der Waals surface area contributed by atoms with Crippen LogP contribution in [-0.2, 0) is 0 Å². The Morgan fingerprint density at radius 1 is 1.11 bits per heavy atom. The van der Waals surface area contributed by atoms with Crippen LogP contribution in [0.25, 0.3) is 22.6 Å². The monoisotopic (exact) mass is 246 g/mol. The van der Waals surface area contributed by atoms with E-state index in [1.54, 1.807) is 24.3 Å². The lowest BCUT2D eigenvalue weighted by Crippen LogP contribution is -1.84. The minimum absolute atomic E-state index is 0.0613. The van der Waals surface area contributed by atoms with Crippen LogP contribution in [0.2, 0.25) is 0 Å². The van der Waals surface area contributed by atoms with Crippen molar-refractivity contribution in [2.24, 2.45) is 0 Å². The van der Waals surface area contributed by atoms with Gasteiger partial charge in [0, 0.05) is 23.4 Å². The van der Waals surface area contributed by atoms with Gasteiger partial charge in [-0.15, -0.1) is 0 Å². The Labute approximate surface area is 101 Å². The highest BCUT2D eigenvalue weighted by Gasteiger charge is 2.13. The molecule has 1 aromatic heterocycles. The fourth-order valence-corrected chi connectivity index (χ4v) is 1.75. The highest BCUT2D eigenvalue weighted by molar-refractivity contribution is 5.77. The standard InChI is InChI=1S/C13H8F2N2O/c14-8-5-10(15)12-11(6-8)17-13(18-12)7-2-1-3-9(16)4-7/h1-6H,16H2. The Kier molecular flexibility index (Phi) is 2.26. The average Bonchev–Trinajstić information content (AvgIpc) is 2.73. The second-order valence-electron chi connectivity index (χ2n) is 3.88. The van der Waals surface area contributed by atoms with E-state index >= 15 is 0 Å². The third-order valence-corrected chi connectivity index (χ3v) is 2.54. The molecule has 1 heterocycles. The van der Waals surface area contributed by atoms with Crippen molar-refractivity contribution >= 4 is 16.8 Å². The number of nitrogens with zero attached hydrogens (tertiary/aromatic N) is 1. The predicted molar refractivity (Wildman–Crippen MR) is 63.8 cm³/mol. The van der Waals surface area contributed by atoms with Crippen molar-refractivity contribution in [3.63, 3.8) is 0 Å². The number of oxazole rings is 1. The van der Waals surface area contributed by atoms with Crippen molar-refractivity contribution in [3.8, 4) is 11.5 Å². The maximum absolute atomic E-state index is 13.5. The van der Waals surface area contributed by atoms with E-state index in [9.17, 15) is 8.78 Å². The fraction of sp³-hybridized carbons (Fsp3) is 0. The molecule has 2 N–H and O–H groups in total. The summed E-state index contributed by atoms with van der Waals surface area (Å²) in [6, 6.07) is 8.71. The lowest BCUT2D eigenvalue weighted by molar-refractivity contribution is 0.550. The van der Waals surface area contributed by atoms with E-state index in [0.717, 1.165) is 12.1 Å². The normalized spacial score (nSPS) is 11.0. The molecular weight excluding hydrogens is 238 g/mol. The number of nitrogen functional groups attached to an aromatic ring is 1. The molecule has 0 bridgehead atoms. The average molecular weight is 246 g/mol. The third-order valence-electron chi connectivity index (χ3n) is 2.54. The van der Waals surface area contributed by atoms with Gasteiger partial charge in [-0.05, 0) is 18.2 Å². The van der Waals surface area contributed by atoms with Crippen LogP contribution in [0.5, 0.6) is 0 Å². The van der Waals surface area contributed by atoms with E-state index in [2.05, 4.69) is 4.98 Å². The van der Waals surface area contributed by atoms with Gasteiger partial charge in [0.1, 0.15) is 11.3 Å². The van der Waals surface area contributed by atoms with Crippen LogP contribution in [0, 0.1) is 11.6 Å². The summed E-state index contributed by atoms with van der Waals surface area (Å²) in [4.78, 5) is 4.04. The number of rotatable bonds is 1. The van der Waals surface area contributed by atoms with Gasteiger partial charge in [0.25, 0.3) is 0 Å². The zero-order valence-corrected chi connectivity index (χ0v) is 9.15. The van der Waals surface area contributed by atoms with E-state index in [-0.39, 0.29) is 17.0 Å². The summed E-state index contributed by atoms with van der Waals surface area (Å²) in [5.74, 6) is -1.25. The minimum atomic E-state index is -0.771. The first-order valence-corrected chi connectivity index (χ1v) is 5.25. The second-order valence-corrected chi connectivity index (χ2v) is 3.88. The molecule has 0 unspecified atom stereocenters. The molecule has 0 radical (unpaired) electrons. The van der Waals surface area contributed by atoms with E-state index in [1.807, 2.05) is 0 Å². The molecule has 18 heavy (non-hydrogen) atoms. The summed E-state index contributed by atoms with van der Waals surface area (Å²) in [6.07, 6.45) is 0. The first-order chi connectivity index (χ1) is 8.63.